The van der Waals surface area contributed by atoms with Gasteiger partial charge in [-0.1, -0.05) is 35.9 Å². The molecule has 0 unspecified atom stereocenters. The average Bonchev–Trinajstić information content (AvgIpc) is 3.04. The predicted molar refractivity (Wildman–Crippen MR) is 88.0 cm³/mol. The smallest absolute Gasteiger partial charge is 0.268 e. The first-order chi connectivity index (χ1) is 11.2. The summed E-state index contributed by atoms with van der Waals surface area (Å²) in [5, 5.41) is 8.73. The Bertz CT molecular complexity index is 1010. The van der Waals surface area contributed by atoms with Crippen molar-refractivity contribution in [1.29, 1.82) is 0 Å². The quantitative estimate of drug-likeness (QED) is 0.550. The monoisotopic (exact) mass is 322 g/mol. The molecule has 4 aromatic rings. The summed E-state index contributed by atoms with van der Waals surface area (Å²) < 4.78 is 5.76. The Hall–Kier alpha value is -2.79. The molecule has 0 aliphatic rings. The van der Waals surface area contributed by atoms with Crippen molar-refractivity contribution in [2.75, 3.05) is 0 Å². The summed E-state index contributed by atoms with van der Waals surface area (Å²) in [5.41, 5.74) is 3.62. The first kappa shape index (κ1) is 13.8. The van der Waals surface area contributed by atoms with Crippen molar-refractivity contribution in [2.24, 2.45) is 0 Å². The zero-order valence-corrected chi connectivity index (χ0v) is 12.9. The van der Waals surface area contributed by atoms with Gasteiger partial charge in [-0.3, -0.25) is 0 Å². The van der Waals surface area contributed by atoms with Gasteiger partial charge in [0, 0.05) is 0 Å². The van der Waals surface area contributed by atoms with Gasteiger partial charge in [0.25, 0.3) is 5.89 Å². The Balaban J connectivity index is 1.83. The van der Waals surface area contributed by atoms with Crippen molar-refractivity contribution in [3.63, 3.8) is 0 Å². The summed E-state index contributed by atoms with van der Waals surface area (Å²) >= 11 is 6.17. The molecule has 0 atom stereocenters. The molecule has 0 aliphatic heterocycles. The summed E-state index contributed by atoms with van der Waals surface area (Å²) in [7, 11) is 0. The zero-order valence-electron chi connectivity index (χ0n) is 12.2. The lowest BCUT2D eigenvalue weighted by molar-refractivity contribution is 0.581. The maximum absolute atomic E-state index is 6.17. The first-order valence-corrected chi connectivity index (χ1v) is 7.42. The maximum atomic E-state index is 6.17. The fourth-order valence-electron chi connectivity index (χ4n) is 2.35. The second-order valence-electron chi connectivity index (χ2n) is 5.04. The third-order valence-electron chi connectivity index (χ3n) is 3.48. The van der Waals surface area contributed by atoms with Gasteiger partial charge in [-0.15, -0.1) is 10.2 Å². The topological polar surface area (TPSA) is 64.7 Å². The Morgan fingerprint density at radius 2 is 1.48 bits per heavy atom. The van der Waals surface area contributed by atoms with Gasteiger partial charge in [-0.2, -0.15) is 0 Å². The fourth-order valence-corrected chi connectivity index (χ4v) is 2.57. The van der Waals surface area contributed by atoms with Crippen LogP contribution in [0.4, 0.5) is 0 Å². The van der Waals surface area contributed by atoms with Gasteiger partial charge in [0.05, 0.1) is 27.3 Å². The van der Waals surface area contributed by atoms with Crippen molar-refractivity contribution >= 4 is 22.6 Å². The van der Waals surface area contributed by atoms with Crippen molar-refractivity contribution < 1.29 is 4.42 Å². The van der Waals surface area contributed by atoms with Crippen LogP contribution in [0.15, 0.2) is 52.9 Å². The van der Waals surface area contributed by atoms with Gasteiger partial charge in [-0.25, -0.2) is 9.97 Å². The van der Waals surface area contributed by atoms with E-state index in [0.29, 0.717) is 28.1 Å². The molecule has 0 spiro atoms. The fraction of sp³-hybridized carbons (Fsp3) is 0.0588. The molecule has 5 nitrogen and oxygen atoms in total. The van der Waals surface area contributed by atoms with Crippen molar-refractivity contribution in [2.45, 2.75) is 6.92 Å². The van der Waals surface area contributed by atoms with Crippen LogP contribution < -0.4 is 0 Å². The molecule has 6 heteroatoms. The lowest BCUT2D eigenvalue weighted by Gasteiger charge is -2.02. The van der Waals surface area contributed by atoms with E-state index in [4.69, 9.17) is 16.0 Å². The number of benzene rings is 2. The lowest BCUT2D eigenvalue weighted by Crippen LogP contribution is -1.94. The van der Waals surface area contributed by atoms with Gasteiger partial charge < -0.3 is 4.42 Å². The SMILES string of the molecule is Cc1nc2ccccc2nc1-c1nnc(-c2ccccc2Cl)o1. The highest BCUT2D eigenvalue weighted by molar-refractivity contribution is 6.33. The third-order valence-corrected chi connectivity index (χ3v) is 3.81. The Labute approximate surface area is 137 Å². The molecule has 4 rings (SSSR count). The molecule has 23 heavy (non-hydrogen) atoms. The molecule has 2 aromatic heterocycles. The number of nitrogens with zero attached hydrogens (tertiary/aromatic N) is 4. The van der Waals surface area contributed by atoms with Gasteiger partial charge in [-0.05, 0) is 31.2 Å². The molecule has 2 heterocycles. The van der Waals surface area contributed by atoms with Crippen LogP contribution in [0.1, 0.15) is 5.69 Å². The number of halogens is 1. The van der Waals surface area contributed by atoms with Crippen molar-refractivity contribution in [3.8, 4) is 23.0 Å². The minimum atomic E-state index is 0.329. The van der Waals surface area contributed by atoms with E-state index in [9.17, 15) is 0 Å². The standard InChI is InChI=1S/C17H11ClN4O/c1-10-15(20-14-9-5-4-8-13(14)19-10)17-22-21-16(23-17)11-6-2-3-7-12(11)18/h2-9H,1H3. The second-order valence-corrected chi connectivity index (χ2v) is 5.45. The van der Waals surface area contributed by atoms with Crippen LogP contribution in [0.3, 0.4) is 0 Å². The average molecular weight is 323 g/mol. The Morgan fingerprint density at radius 1 is 0.826 bits per heavy atom. The number of rotatable bonds is 2. The van der Waals surface area contributed by atoms with Crippen LogP contribution in [0, 0.1) is 6.92 Å². The van der Waals surface area contributed by atoms with E-state index in [-0.39, 0.29) is 0 Å². The van der Waals surface area contributed by atoms with Gasteiger partial charge in [0.15, 0.2) is 0 Å². The molecule has 0 aliphatic carbocycles. The van der Waals surface area contributed by atoms with Crippen LogP contribution in [0.2, 0.25) is 5.02 Å². The van der Waals surface area contributed by atoms with Crippen LogP contribution in [-0.4, -0.2) is 20.2 Å². The van der Waals surface area contributed by atoms with Crippen molar-refractivity contribution in [3.05, 3.63) is 59.2 Å². The Kier molecular flexibility index (Phi) is 3.28. The minimum absolute atomic E-state index is 0.329. The molecule has 0 saturated carbocycles. The van der Waals surface area contributed by atoms with Gasteiger partial charge >= 0.3 is 0 Å². The summed E-state index contributed by atoms with van der Waals surface area (Å²) in [4.78, 5) is 9.12. The number of aromatic nitrogens is 4. The van der Waals surface area contributed by atoms with Crippen molar-refractivity contribution in [1.82, 2.24) is 20.2 Å². The van der Waals surface area contributed by atoms with Crippen LogP contribution in [0.25, 0.3) is 34.1 Å². The highest BCUT2D eigenvalue weighted by Crippen LogP contribution is 2.29. The Morgan fingerprint density at radius 3 is 2.26 bits per heavy atom. The summed E-state index contributed by atoms with van der Waals surface area (Å²) in [6.07, 6.45) is 0. The molecule has 0 amide bonds. The van der Waals surface area contributed by atoms with Gasteiger partial charge in [0.2, 0.25) is 5.89 Å². The number of hydrogen-bond acceptors (Lipinski definition) is 5. The summed E-state index contributed by atoms with van der Waals surface area (Å²) in [6, 6.07) is 15.0. The number of aryl methyl sites for hydroxylation is 1. The van der Waals surface area contributed by atoms with E-state index >= 15 is 0 Å². The maximum Gasteiger partial charge on any atom is 0.268 e. The largest absolute Gasteiger partial charge is 0.414 e. The molecular weight excluding hydrogens is 312 g/mol. The molecule has 112 valence electrons. The molecule has 2 aromatic carbocycles. The van der Waals surface area contributed by atoms with E-state index in [1.807, 2.05) is 49.4 Å². The number of hydrogen-bond donors (Lipinski definition) is 0. The van der Waals surface area contributed by atoms with E-state index in [2.05, 4.69) is 20.2 Å². The second kappa shape index (κ2) is 5.44. The normalized spacial score (nSPS) is 11.0. The molecule has 0 N–H and O–H groups in total. The van der Waals surface area contributed by atoms with Crippen LogP contribution in [-0.2, 0) is 0 Å². The van der Waals surface area contributed by atoms with E-state index in [0.717, 1.165) is 16.7 Å². The lowest BCUT2D eigenvalue weighted by atomic mass is 10.2. The number of fused-ring (bicyclic) bond motifs is 1. The molecule has 0 saturated heterocycles. The number of para-hydroxylation sites is 2. The van der Waals surface area contributed by atoms with E-state index in [1.165, 1.54) is 0 Å². The van der Waals surface area contributed by atoms with E-state index < -0.39 is 0 Å². The highest BCUT2D eigenvalue weighted by Gasteiger charge is 2.16. The summed E-state index contributed by atoms with van der Waals surface area (Å²) in [6.45, 7) is 1.87. The third kappa shape index (κ3) is 2.45. The first-order valence-electron chi connectivity index (χ1n) is 7.04. The molecule has 0 bridgehead atoms. The highest BCUT2D eigenvalue weighted by atomic mass is 35.5. The molecule has 0 fully saturated rings. The zero-order chi connectivity index (χ0) is 15.8. The molecular formula is C17H11ClN4O. The van der Waals surface area contributed by atoms with E-state index in [1.54, 1.807) is 6.07 Å². The molecule has 0 radical (unpaired) electrons. The summed E-state index contributed by atoms with van der Waals surface area (Å²) in [5.74, 6) is 0.690. The van der Waals surface area contributed by atoms with Crippen LogP contribution >= 0.6 is 11.6 Å². The van der Waals surface area contributed by atoms with Gasteiger partial charge in [0.1, 0.15) is 5.69 Å². The predicted octanol–water partition coefficient (Wildman–Crippen LogP) is 4.31. The van der Waals surface area contributed by atoms with Crippen LogP contribution in [0.5, 0.6) is 0 Å². The minimum Gasteiger partial charge on any atom is -0.414 e.